The van der Waals surface area contributed by atoms with Crippen molar-refractivity contribution in [1.29, 1.82) is 0 Å². The summed E-state index contributed by atoms with van der Waals surface area (Å²) >= 11 is 0. The summed E-state index contributed by atoms with van der Waals surface area (Å²) in [6.07, 6.45) is 5.45. The van der Waals surface area contributed by atoms with Crippen LogP contribution in [0, 0.1) is 5.92 Å². The van der Waals surface area contributed by atoms with E-state index in [9.17, 15) is 0 Å². The van der Waals surface area contributed by atoms with Crippen LogP contribution in [0.25, 0.3) is 0 Å². The first-order chi connectivity index (χ1) is 8.69. The first-order valence-electron chi connectivity index (χ1n) is 7.03. The Bertz CT molecular complexity index is 378. The highest BCUT2D eigenvalue weighted by Gasteiger charge is 2.22. The molecule has 0 aliphatic heterocycles. The molecule has 1 N–H and O–H groups in total. The summed E-state index contributed by atoms with van der Waals surface area (Å²) in [5.41, 5.74) is 1.16. The van der Waals surface area contributed by atoms with E-state index in [2.05, 4.69) is 41.3 Å². The molecule has 0 bridgehead atoms. The zero-order valence-corrected chi connectivity index (χ0v) is 11.8. The van der Waals surface area contributed by atoms with Crippen molar-refractivity contribution < 1.29 is 0 Å². The largest absolute Gasteiger partial charge is 0.373 e. The Morgan fingerprint density at radius 1 is 1.39 bits per heavy atom. The second kappa shape index (κ2) is 6.19. The highest BCUT2D eigenvalue weighted by Crippen LogP contribution is 2.27. The van der Waals surface area contributed by atoms with Gasteiger partial charge in [0, 0.05) is 19.6 Å². The second-order valence-electron chi connectivity index (χ2n) is 5.60. The van der Waals surface area contributed by atoms with Crippen molar-refractivity contribution in [1.82, 2.24) is 9.88 Å². The SMILES string of the molecule is CNc1cccc(CN(C)C2CCCC(C)C2)n1. The Morgan fingerprint density at radius 3 is 2.94 bits per heavy atom. The smallest absolute Gasteiger partial charge is 0.126 e. The number of anilines is 1. The highest BCUT2D eigenvalue weighted by molar-refractivity contribution is 5.34. The quantitative estimate of drug-likeness (QED) is 0.886. The third kappa shape index (κ3) is 3.45. The summed E-state index contributed by atoms with van der Waals surface area (Å²) in [7, 11) is 4.15. The maximum atomic E-state index is 4.59. The number of rotatable bonds is 4. The van der Waals surface area contributed by atoms with E-state index < -0.39 is 0 Å². The zero-order valence-electron chi connectivity index (χ0n) is 11.8. The minimum atomic E-state index is 0.730. The third-order valence-corrected chi connectivity index (χ3v) is 4.01. The molecule has 2 rings (SSSR count). The summed E-state index contributed by atoms with van der Waals surface area (Å²) in [5, 5.41) is 3.10. The van der Waals surface area contributed by atoms with E-state index in [1.54, 1.807) is 0 Å². The normalized spacial score (nSPS) is 24.2. The van der Waals surface area contributed by atoms with E-state index in [0.717, 1.165) is 30.0 Å². The Morgan fingerprint density at radius 2 is 2.22 bits per heavy atom. The first kappa shape index (κ1) is 13.3. The molecule has 3 nitrogen and oxygen atoms in total. The monoisotopic (exact) mass is 247 g/mol. The van der Waals surface area contributed by atoms with Crippen LogP contribution in [-0.4, -0.2) is 30.0 Å². The predicted octanol–water partition coefficient (Wildman–Crippen LogP) is 3.13. The van der Waals surface area contributed by atoms with Crippen molar-refractivity contribution in [3.8, 4) is 0 Å². The molecular weight excluding hydrogens is 222 g/mol. The molecule has 100 valence electrons. The standard InChI is InChI=1S/C15H25N3/c1-12-6-4-8-14(10-12)18(3)11-13-7-5-9-15(16-2)17-13/h5,7,9,12,14H,4,6,8,10-11H2,1-3H3,(H,16,17). The van der Waals surface area contributed by atoms with E-state index in [4.69, 9.17) is 0 Å². The number of nitrogens with one attached hydrogen (secondary N) is 1. The molecule has 0 amide bonds. The van der Waals surface area contributed by atoms with E-state index in [-0.39, 0.29) is 0 Å². The summed E-state index contributed by atoms with van der Waals surface area (Å²) in [6, 6.07) is 6.93. The van der Waals surface area contributed by atoms with Crippen LogP contribution in [0.15, 0.2) is 18.2 Å². The van der Waals surface area contributed by atoms with Crippen molar-refractivity contribution in [2.45, 2.75) is 45.2 Å². The molecule has 1 saturated carbocycles. The van der Waals surface area contributed by atoms with Gasteiger partial charge in [0.2, 0.25) is 0 Å². The highest BCUT2D eigenvalue weighted by atomic mass is 15.1. The average Bonchev–Trinajstić information content (AvgIpc) is 2.39. The van der Waals surface area contributed by atoms with Gasteiger partial charge in [-0.2, -0.15) is 0 Å². The molecule has 0 radical (unpaired) electrons. The van der Waals surface area contributed by atoms with Crippen molar-refractivity contribution in [2.24, 2.45) is 5.92 Å². The molecule has 2 unspecified atom stereocenters. The first-order valence-corrected chi connectivity index (χ1v) is 7.03. The molecule has 3 heteroatoms. The molecular formula is C15H25N3. The fourth-order valence-corrected chi connectivity index (χ4v) is 2.89. The fourth-order valence-electron chi connectivity index (χ4n) is 2.89. The molecule has 1 aromatic heterocycles. The second-order valence-corrected chi connectivity index (χ2v) is 5.60. The van der Waals surface area contributed by atoms with E-state index in [1.165, 1.54) is 25.7 Å². The molecule has 0 saturated heterocycles. The van der Waals surface area contributed by atoms with Gasteiger partial charge in [0.15, 0.2) is 0 Å². The molecule has 0 aromatic carbocycles. The van der Waals surface area contributed by atoms with Crippen LogP contribution in [0.3, 0.4) is 0 Å². The molecule has 1 fully saturated rings. The maximum absolute atomic E-state index is 4.59. The Hall–Kier alpha value is -1.09. The van der Waals surface area contributed by atoms with Crippen LogP contribution >= 0.6 is 0 Å². The van der Waals surface area contributed by atoms with Gasteiger partial charge in [0.1, 0.15) is 5.82 Å². The predicted molar refractivity (Wildman–Crippen MR) is 76.7 cm³/mol. The minimum absolute atomic E-state index is 0.730. The van der Waals surface area contributed by atoms with Gasteiger partial charge in [-0.05, 0) is 37.9 Å². The lowest BCUT2D eigenvalue weighted by Crippen LogP contribution is -2.35. The zero-order chi connectivity index (χ0) is 13.0. The lowest BCUT2D eigenvalue weighted by atomic mass is 9.86. The number of pyridine rings is 1. The van der Waals surface area contributed by atoms with Crippen LogP contribution in [-0.2, 0) is 6.54 Å². The summed E-state index contributed by atoms with van der Waals surface area (Å²) in [5.74, 6) is 1.83. The molecule has 1 aliphatic rings. The maximum Gasteiger partial charge on any atom is 0.126 e. The number of hydrogen-bond donors (Lipinski definition) is 1. The average molecular weight is 247 g/mol. The van der Waals surface area contributed by atoms with E-state index in [0.29, 0.717) is 0 Å². The van der Waals surface area contributed by atoms with Crippen LogP contribution < -0.4 is 5.32 Å². The summed E-state index contributed by atoms with van der Waals surface area (Å²) in [4.78, 5) is 7.06. The lowest BCUT2D eigenvalue weighted by Gasteiger charge is -2.34. The Labute approximate surface area is 111 Å². The van der Waals surface area contributed by atoms with Gasteiger partial charge in [-0.1, -0.05) is 25.8 Å². The fraction of sp³-hybridized carbons (Fsp3) is 0.667. The number of hydrogen-bond acceptors (Lipinski definition) is 3. The molecule has 1 aliphatic carbocycles. The van der Waals surface area contributed by atoms with Gasteiger partial charge in [-0.25, -0.2) is 4.98 Å². The van der Waals surface area contributed by atoms with Gasteiger partial charge in [0.25, 0.3) is 0 Å². The van der Waals surface area contributed by atoms with E-state index >= 15 is 0 Å². The molecule has 2 atom stereocenters. The van der Waals surface area contributed by atoms with Crippen molar-refractivity contribution in [3.05, 3.63) is 23.9 Å². The van der Waals surface area contributed by atoms with Crippen LogP contribution in [0.4, 0.5) is 5.82 Å². The van der Waals surface area contributed by atoms with Gasteiger partial charge in [-0.15, -0.1) is 0 Å². The molecule has 1 heterocycles. The van der Waals surface area contributed by atoms with E-state index in [1.807, 2.05) is 13.1 Å². The van der Waals surface area contributed by atoms with Crippen LogP contribution in [0.2, 0.25) is 0 Å². The van der Waals surface area contributed by atoms with Gasteiger partial charge < -0.3 is 5.32 Å². The Kier molecular flexibility index (Phi) is 4.59. The minimum Gasteiger partial charge on any atom is -0.373 e. The van der Waals surface area contributed by atoms with Crippen molar-refractivity contribution >= 4 is 5.82 Å². The third-order valence-electron chi connectivity index (χ3n) is 4.01. The van der Waals surface area contributed by atoms with Gasteiger partial charge in [0.05, 0.1) is 5.69 Å². The van der Waals surface area contributed by atoms with Crippen LogP contribution in [0.1, 0.15) is 38.3 Å². The Balaban J connectivity index is 1.95. The number of aromatic nitrogens is 1. The lowest BCUT2D eigenvalue weighted by molar-refractivity contribution is 0.156. The molecule has 0 spiro atoms. The summed E-state index contributed by atoms with van der Waals surface area (Å²) < 4.78 is 0. The van der Waals surface area contributed by atoms with Crippen molar-refractivity contribution in [2.75, 3.05) is 19.4 Å². The summed E-state index contributed by atoms with van der Waals surface area (Å²) in [6.45, 7) is 3.33. The van der Waals surface area contributed by atoms with Crippen molar-refractivity contribution in [3.63, 3.8) is 0 Å². The molecule has 1 aromatic rings. The van der Waals surface area contributed by atoms with Gasteiger partial charge >= 0.3 is 0 Å². The van der Waals surface area contributed by atoms with Crippen LogP contribution in [0.5, 0.6) is 0 Å². The number of nitrogens with zero attached hydrogens (tertiary/aromatic N) is 2. The van der Waals surface area contributed by atoms with Gasteiger partial charge in [-0.3, -0.25) is 4.90 Å². The molecule has 18 heavy (non-hydrogen) atoms. The topological polar surface area (TPSA) is 28.2 Å².